The summed E-state index contributed by atoms with van der Waals surface area (Å²) in [6, 6.07) is 4.91. The second-order valence-corrected chi connectivity index (χ2v) is 6.97. The SMILES string of the molecule is O=S(=O)(Cl)c1c[nH]c2c(-c3ccncn3)c(Cl)ccc12. The van der Waals surface area contributed by atoms with Gasteiger partial charge in [0.25, 0.3) is 9.05 Å². The van der Waals surface area contributed by atoms with Gasteiger partial charge in [-0.1, -0.05) is 11.6 Å². The first-order chi connectivity index (χ1) is 9.48. The first-order valence-electron chi connectivity index (χ1n) is 5.49. The van der Waals surface area contributed by atoms with E-state index in [1.807, 2.05) is 0 Å². The van der Waals surface area contributed by atoms with Gasteiger partial charge in [0.05, 0.1) is 16.2 Å². The van der Waals surface area contributed by atoms with Crippen molar-refractivity contribution in [2.45, 2.75) is 4.90 Å². The number of halogens is 2. The zero-order valence-electron chi connectivity index (χ0n) is 9.84. The zero-order valence-corrected chi connectivity index (χ0v) is 12.2. The second-order valence-electron chi connectivity index (χ2n) is 4.03. The van der Waals surface area contributed by atoms with E-state index in [9.17, 15) is 8.42 Å². The minimum atomic E-state index is -3.83. The molecule has 3 rings (SSSR count). The number of fused-ring (bicyclic) bond motifs is 1. The average molecular weight is 328 g/mol. The van der Waals surface area contributed by atoms with Crippen LogP contribution in [-0.2, 0) is 9.05 Å². The number of nitrogens with one attached hydrogen (secondary N) is 1. The van der Waals surface area contributed by atoms with Gasteiger partial charge in [-0.2, -0.15) is 0 Å². The molecule has 8 heteroatoms. The molecule has 0 amide bonds. The monoisotopic (exact) mass is 327 g/mol. The second kappa shape index (κ2) is 4.73. The molecule has 0 saturated heterocycles. The molecule has 1 N–H and O–H groups in total. The summed E-state index contributed by atoms with van der Waals surface area (Å²) in [7, 11) is 1.58. The van der Waals surface area contributed by atoms with Crippen molar-refractivity contribution in [3.8, 4) is 11.3 Å². The third-order valence-corrected chi connectivity index (χ3v) is 4.55. The zero-order chi connectivity index (χ0) is 14.3. The maximum atomic E-state index is 11.5. The molecule has 102 valence electrons. The molecular weight excluding hydrogens is 321 g/mol. The van der Waals surface area contributed by atoms with Gasteiger partial charge in [0.2, 0.25) is 0 Å². The Morgan fingerprint density at radius 1 is 1.20 bits per heavy atom. The van der Waals surface area contributed by atoms with E-state index in [2.05, 4.69) is 15.0 Å². The smallest absolute Gasteiger partial charge is 0.263 e. The molecule has 0 unspecified atom stereocenters. The van der Waals surface area contributed by atoms with Crippen molar-refractivity contribution in [2.24, 2.45) is 0 Å². The number of hydrogen-bond acceptors (Lipinski definition) is 4. The maximum absolute atomic E-state index is 11.5. The number of benzene rings is 1. The molecule has 2 heterocycles. The summed E-state index contributed by atoms with van der Waals surface area (Å²) >= 11 is 6.20. The lowest BCUT2D eigenvalue weighted by Crippen LogP contribution is -1.89. The van der Waals surface area contributed by atoms with Gasteiger partial charge in [0.1, 0.15) is 11.2 Å². The summed E-state index contributed by atoms with van der Waals surface area (Å²) < 4.78 is 23.1. The Morgan fingerprint density at radius 2 is 2.00 bits per heavy atom. The highest BCUT2D eigenvalue weighted by Gasteiger charge is 2.19. The third-order valence-electron chi connectivity index (χ3n) is 2.87. The van der Waals surface area contributed by atoms with Crippen molar-refractivity contribution < 1.29 is 8.42 Å². The first kappa shape index (κ1) is 13.4. The molecule has 0 saturated carbocycles. The van der Waals surface area contributed by atoms with E-state index in [0.717, 1.165) is 0 Å². The highest BCUT2D eigenvalue weighted by atomic mass is 35.7. The van der Waals surface area contributed by atoms with Crippen LogP contribution in [0.1, 0.15) is 0 Å². The Balaban J connectivity index is 2.39. The van der Waals surface area contributed by atoms with Crippen LogP contribution in [0.3, 0.4) is 0 Å². The molecular formula is C12H7Cl2N3O2S. The molecule has 0 spiro atoms. The van der Waals surface area contributed by atoms with E-state index in [0.29, 0.717) is 27.2 Å². The predicted octanol–water partition coefficient (Wildman–Crippen LogP) is 3.21. The number of aromatic amines is 1. The van der Waals surface area contributed by atoms with Crippen LogP contribution in [0.5, 0.6) is 0 Å². The summed E-state index contributed by atoms with van der Waals surface area (Å²) in [5.41, 5.74) is 1.77. The fourth-order valence-corrected chi connectivity index (χ4v) is 3.31. The van der Waals surface area contributed by atoms with Crippen molar-refractivity contribution in [1.29, 1.82) is 0 Å². The lowest BCUT2D eigenvalue weighted by Gasteiger charge is -2.05. The Labute approximate surface area is 124 Å². The Hall–Kier alpha value is -1.63. The molecule has 0 aliphatic carbocycles. The number of aromatic nitrogens is 3. The minimum absolute atomic E-state index is 0.0149. The molecule has 5 nitrogen and oxygen atoms in total. The van der Waals surface area contributed by atoms with Crippen molar-refractivity contribution in [3.05, 3.63) is 41.9 Å². The van der Waals surface area contributed by atoms with Crippen molar-refractivity contribution in [3.63, 3.8) is 0 Å². The van der Waals surface area contributed by atoms with Crippen molar-refractivity contribution >= 4 is 42.2 Å². The van der Waals surface area contributed by atoms with Gasteiger partial charge in [-0.05, 0) is 18.2 Å². The van der Waals surface area contributed by atoms with Crippen LogP contribution in [0.4, 0.5) is 0 Å². The number of H-pyrrole nitrogens is 1. The minimum Gasteiger partial charge on any atom is -0.359 e. The van der Waals surface area contributed by atoms with Crippen LogP contribution < -0.4 is 0 Å². The Morgan fingerprint density at radius 3 is 2.65 bits per heavy atom. The number of rotatable bonds is 2. The van der Waals surface area contributed by atoms with Crippen LogP contribution in [0.15, 0.2) is 41.8 Å². The highest BCUT2D eigenvalue weighted by Crippen LogP contribution is 2.36. The van der Waals surface area contributed by atoms with Crippen molar-refractivity contribution in [1.82, 2.24) is 15.0 Å². The van der Waals surface area contributed by atoms with Gasteiger partial charge in [-0.25, -0.2) is 18.4 Å². The third kappa shape index (κ3) is 2.15. The van der Waals surface area contributed by atoms with Crippen molar-refractivity contribution in [2.75, 3.05) is 0 Å². The summed E-state index contributed by atoms with van der Waals surface area (Å²) in [5.74, 6) is 0. The van der Waals surface area contributed by atoms with Gasteiger partial charge in [-0.15, -0.1) is 0 Å². The predicted molar refractivity (Wildman–Crippen MR) is 77.4 cm³/mol. The van der Waals surface area contributed by atoms with E-state index in [-0.39, 0.29) is 4.90 Å². The molecule has 0 atom stereocenters. The van der Waals surface area contributed by atoms with E-state index >= 15 is 0 Å². The largest absolute Gasteiger partial charge is 0.359 e. The number of nitrogens with zero attached hydrogens (tertiary/aromatic N) is 2. The average Bonchev–Trinajstić information content (AvgIpc) is 2.83. The van der Waals surface area contributed by atoms with Gasteiger partial charge in [0.15, 0.2) is 0 Å². The molecule has 3 aromatic rings. The van der Waals surface area contributed by atoms with E-state index in [1.54, 1.807) is 24.4 Å². The van der Waals surface area contributed by atoms with Gasteiger partial charge < -0.3 is 4.98 Å². The van der Waals surface area contributed by atoms with Gasteiger partial charge in [-0.3, -0.25) is 0 Å². The molecule has 2 aromatic heterocycles. The van der Waals surface area contributed by atoms with Crippen LogP contribution in [0.25, 0.3) is 22.2 Å². The lowest BCUT2D eigenvalue weighted by atomic mass is 10.1. The van der Waals surface area contributed by atoms with Crippen LogP contribution in [0, 0.1) is 0 Å². The normalized spacial score (nSPS) is 11.9. The highest BCUT2D eigenvalue weighted by molar-refractivity contribution is 8.14. The van der Waals surface area contributed by atoms with Gasteiger partial charge in [0, 0.05) is 34.0 Å². The van der Waals surface area contributed by atoms with Crippen LogP contribution in [-0.4, -0.2) is 23.4 Å². The topological polar surface area (TPSA) is 75.7 Å². The molecule has 20 heavy (non-hydrogen) atoms. The number of hydrogen-bond donors (Lipinski definition) is 1. The summed E-state index contributed by atoms with van der Waals surface area (Å²) in [4.78, 5) is 10.9. The molecule has 0 aliphatic rings. The summed E-state index contributed by atoms with van der Waals surface area (Å²) in [5, 5.41) is 0.926. The summed E-state index contributed by atoms with van der Waals surface area (Å²) in [6.45, 7) is 0. The Kier molecular flexibility index (Phi) is 3.16. The molecule has 0 aliphatic heterocycles. The maximum Gasteiger partial charge on any atom is 0.263 e. The lowest BCUT2D eigenvalue weighted by molar-refractivity contribution is 0.610. The molecule has 0 radical (unpaired) electrons. The summed E-state index contributed by atoms with van der Waals surface area (Å²) in [6.07, 6.45) is 4.32. The Bertz CT molecular complexity index is 892. The van der Waals surface area contributed by atoms with E-state index < -0.39 is 9.05 Å². The first-order valence-corrected chi connectivity index (χ1v) is 8.18. The van der Waals surface area contributed by atoms with E-state index in [4.69, 9.17) is 22.3 Å². The van der Waals surface area contributed by atoms with Gasteiger partial charge >= 0.3 is 0 Å². The fraction of sp³-hybridized carbons (Fsp3) is 0. The molecule has 0 bridgehead atoms. The molecule has 1 aromatic carbocycles. The van der Waals surface area contributed by atoms with E-state index in [1.165, 1.54) is 12.5 Å². The fourth-order valence-electron chi connectivity index (χ4n) is 2.04. The molecule has 0 fully saturated rings. The van der Waals surface area contributed by atoms with Crippen LogP contribution >= 0.6 is 22.3 Å². The quantitative estimate of drug-likeness (QED) is 0.733. The van der Waals surface area contributed by atoms with Crippen LogP contribution in [0.2, 0.25) is 5.02 Å². The standard InChI is InChI=1S/C12H7Cl2N3O2S/c13-8-2-1-7-10(20(14,18)19)5-16-12(7)11(8)9-3-4-15-6-17-9/h1-6,16H.